The number of carbonyl (C=O) groups is 2. The average Bonchev–Trinajstić information content (AvgIpc) is 2.36. The molecule has 19 heavy (non-hydrogen) atoms. The fourth-order valence-electron chi connectivity index (χ4n) is 1.04. The molecule has 0 unspecified atom stereocenters. The number of ether oxygens (including phenoxy) is 3. The Labute approximate surface area is 113 Å². The van der Waals surface area contributed by atoms with E-state index in [9.17, 15) is 9.59 Å². The van der Waals surface area contributed by atoms with Gasteiger partial charge in [-0.05, 0) is 19.1 Å². The molecule has 0 aromatic heterocycles. The fourth-order valence-corrected chi connectivity index (χ4v) is 1.04. The van der Waals surface area contributed by atoms with Gasteiger partial charge in [0.2, 0.25) is 0 Å². The largest absolute Gasteiger partial charge is 0.463 e. The van der Waals surface area contributed by atoms with Gasteiger partial charge in [-0.15, -0.1) is 0 Å². The summed E-state index contributed by atoms with van der Waals surface area (Å²) in [6.45, 7) is 6.19. The molecular formula is C14H20O5. The first-order chi connectivity index (χ1) is 9.06. The Morgan fingerprint density at radius 1 is 1.00 bits per heavy atom. The van der Waals surface area contributed by atoms with Gasteiger partial charge in [-0.1, -0.05) is 18.2 Å². The Morgan fingerprint density at radius 3 is 2.11 bits per heavy atom. The van der Waals surface area contributed by atoms with Crippen LogP contribution in [-0.2, 0) is 19.1 Å². The molecule has 0 bridgehead atoms. The van der Waals surface area contributed by atoms with Gasteiger partial charge in [0.15, 0.2) is 0 Å². The van der Waals surface area contributed by atoms with E-state index in [4.69, 9.17) is 9.47 Å². The second-order valence-corrected chi connectivity index (χ2v) is 3.44. The second-order valence-electron chi connectivity index (χ2n) is 3.44. The standard InChI is InChI=1S/C8H8O2.C6H12O3/c1-7(9)10-8-5-3-2-4-6-8;1-3-8-4-5-9-6(2)7/h2-6H,1H3;3-5H2,1-2H3. The Balaban J connectivity index is 0.000000344. The van der Waals surface area contributed by atoms with Crippen LogP contribution >= 0.6 is 0 Å². The smallest absolute Gasteiger partial charge is 0.308 e. The average molecular weight is 268 g/mol. The lowest BCUT2D eigenvalue weighted by molar-refractivity contribution is -0.142. The van der Waals surface area contributed by atoms with Crippen LogP contribution in [0.15, 0.2) is 30.3 Å². The molecule has 0 amide bonds. The van der Waals surface area contributed by atoms with E-state index in [1.165, 1.54) is 13.8 Å². The van der Waals surface area contributed by atoms with Gasteiger partial charge < -0.3 is 14.2 Å². The zero-order valence-electron chi connectivity index (χ0n) is 11.5. The monoisotopic (exact) mass is 268 g/mol. The predicted molar refractivity (Wildman–Crippen MR) is 70.9 cm³/mol. The van der Waals surface area contributed by atoms with Crippen molar-refractivity contribution in [1.82, 2.24) is 0 Å². The summed E-state index contributed by atoms with van der Waals surface area (Å²) >= 11 is 0. The molecule has 0 saturated carbocycles. The number of carbonyl (C=O) groups excluding carboxylic acids is 2. The molecule has 0 saturated heterocycles. The normalized spacial score (nSPS) is 9.00. The van der Waals surface area contributed by atoms with Crippen LogP contribution in [0.2, 0.25) is 0 Å². The Kier molecular flexibility index (Phi) is 10.1. The molecule has 5 heteroatoms. The van der Waals surface area contributed by atoms with Crippen molar-refractivity contribution in [2.45, 2.75) is 20.8 Å². The third kappa shape index (κ3) is 12.4. The second kappa shape index (κ2) is 11.2. The highest BCUT2D eigenvalue weighted by molar-refractivity contribution is 5.69. The molecule has 1 aromatic carbocycles. The number of esters is 2. The molecule has 5 nitrogen and oxygen atoms in total. The summed E-state index contributed by atoms with van der Waals surface area (Å²) in [5.41, 5.74) is 0. The molecule has 0 aliphatic rings. The van der Waals surface area contributed by atoms with Gasteiger partial charge in [0, 0.05) is 20.5 Å². The van der Waals surface area contributed by atoms with E-state index >= 15 is 0 Å². The van der Waals surface area contributed by atoms with Gasteiger partial charge in [0.25, 0.3) is 0 Å². The number of hydrogen-bond donors (Lipinski definition) is 0. The summed E-state index contributed by atoms with van der Waals surface area (Å²) in [7, 11) is 0. The third-order valence-corrected chi connectivity index (χ3v) is 1.74. The topological polar surface area (TPSA) is 61.8 Å². The molecule has 0 N–H and O–H groups in total. The maximum atomic E-state index is 10.4. The Hall–Kier alpha value is -1.88. The maximum absolute atomic E-state index is 10.4. The highest BCUT2D eigenvalue weighted by atomic mass is 16.6. The minimum atomic E-state index is -0.286. The summed E-state index contributed by atoms with van der Waals surface area (Å²) in [5.74, 6) is 0.0518. The lowest BCUT2D eigenvalue weighted by atomic mass is 10.3. The molecule has 0 spiro atoms. The van der Waals surface area contributed by atoms with Gasteiger partial charge in [-0.3, -0.25) is 9.59 Å². The van der Waals surface area contributed by atoms with Gasteiger partial charge in [0.1, 0.15) is 12.4 Å². The van der Waals surface area contributed by atoms with Crippen LogP contribution in [-0.4, -0.2) is 31.8 Å². The van der Waals surface area contributed by atoms with Crippen LogP contribution in [0.25, 0.3) is 0 Å². The highest BCUT2D eigenvalue weighted by Gasteiger charge is 1.93. The zero-order valence-corrected chi connectivity index (χ0v) is 11.5. The lowest BCUT2D eigenvalue weighted by Gasteiger charge is -1.99. The lowest BCUT2D eigenvalue weighted by Crippen LogP contribution is -2.06. The first-order valence-corrected chi connectivity index (χ1v) is 6.00. The summed E-state index contributed by atoms with van der Waals surface area (Å²) < 4.78 is 14.3. The molecule has 0 aliphatic carbocycles. The van der Waals surface area contributed by atoms with Crippen molar-refractivity contribution in [3.8, 4) is 5.75 Å². The molecule has 106 valence electrons. The fraction of sp³-hybridized carbons (Fsp3) is 0.429. The Bertz CT molecular complexity index is 361. The quantitative estimate of drug-likeness (QED) is 0.465. The molecule has 0 radical (unpaired) electrons. The van der Waals surface area contributed by atoms with Crippen LogP contribution in [0.4, 0.5) is 0 Å². The van der Waals surface area contributed by atoms with E-state index in [-0.39, 0.29) is 11.9 Å². The summed E-state index contributed by atoms with van der Waals surface area (Å²) in [5, 5.41) is 0. The molecule has 0 fully saturated rings. The summed E-state index contributed by atoms with van der Waals surface area (Å²) in [6, 6.07) is 8.98. The molecular weight excluding hydrogens is 248 g/mol. The van der Waals surface area contributed by atoms with Gasteiger partial charge in [-0.25, -0.2) is 0 Å². The van der Waals surface area contributed by atoms with E-state index in [2.05, 4.69) is 4.74 Å². The van der Waals surface area contributed by atoms with E-state index in [1.807, 2.05) is 25.1 Å². The number of benzene rings is 1. The van der Waals surface area contributed by atoms with Crippen molar-refractivity contribution >= 4 is 11.9 Å². The van der Waals surface area contributed by atoms with E-state index < -0.39 is 0 Å². The minimum Gasteiger partial charge on any atom is -0.463 e. The number of rotatable bonds is 5. The van der Waals surface area contributed by atoms with E-state index in [0.29, 0.717) is 25.6 Å². The highest BCUT2D eigenvalue weighted by Crippen LogP contribution is 2.07. The van der Waals surface area contributed by atoms with Crippen LogP contribution in [0.1, 0.15) is 20.8 Å². The third-order valence-electron chi connectivity index (χ3n) is 1.74. The van der Waals surface area contributed by atoms with Crippen molar-refractivity contribution in [2.75, 3.05) is 19.8 Å². The maximum Gasteiger partial charge on any atom is 0.308 e. The van der Waals surface area contributed by atoms with Crippen molar-refractivity contribution < 1.29 is 23.8 Å². The van der Waals surface area contributed by atoms with Crippen LogP contribution in [0.5, 0.6) is 5.75 Å². The first kappa shape index (κ1) is 17.1. The van der Waals surface area contributed by atoms with Crippen LogP contribution < -0.4 is 4.74 Å². The van der Waals surface area contributed by atoms with Crippen molar-refractivity contribution in [3.63, 3.8) is 0 Å². The molecule has 1 rings (SSSR count). The van der Waals surface area contributed by atoms with Crippen molar-refractivity contribution in [1.29, 1.82) is 0 Å². The van der Waals surface area contributed by atoms with Gasteiger partial charge >= 0.3 is 11.9 Å². The van der Waals surface area contributed by atoms with Crippen molar-refractivity contribution in [3.05, 3.63) is 30.3 Å². The first-order valence-electron chi connectivity index (χ1n) is 6.00. The predicted octanol–water partition coefficient (Wildman–Crippen LogP) is 2.20. The van der Waals surface area contributed by atoms with Crippen LogP contribution in [0.3, 0.4) is 0 Å². The zero-order chi connectivity index (χ0) is 14.5. The SMILES string of the molecule is CC(=O)Oc1ccccc1.CCOCCOC(C)=O. The molecule has 0 heterocycles. The van der Waals surface area contributed by atoms with E-state index in [0.717, 1.165) is 0 Å². The molecule has 1 aromatic rings. The van der Waals surface area contributed by atoms with Gasteiger partial charge in [0.05, 0.1) is 6.61 Å². The minimum absolute atomic E-state index is 0.255. The summed E-state index contributed by atoms with van der Waals surface area (Å²) in [4.78, 5) is 20.5. The van der Waals surface area contributed by atoms with Gasteiger partial charge in [-0.2, -0.15) is 0 Å². The summed E-state index contributed by atoms with van der Waals surface area (Å²) in [6.07, 6.45) is 0. The Morgan fingerprint density at radius 2 is 1.63 bits per heavy atom. The van der Waals surface area contributed by atoms with E-state index in [1.54, 1.807) is 12.1 Å². The van der Waals surface area contributed by atoms with Crippen molar-refractivity contribution in [2.24, 2.45) is 0 Å². The molecule has 0 aliphatic heterocycles. The number of para-hydroxylation sites is 1. The van der Waals surface area contributed by atoms with Crippen LogP contribution in [0, 0.1) is 0 Å². The molecule has 0 atom stereocenters. The number of hydrogen-bond acceptors (Lipinski definition) is 5.